The summed E-state index contributed by atoms with van der Waals surface area (Å²) in [6, 6.07) is 6.54. The normalized spacial score (nSPS) is 13.2. The van der Waals surface area contributed by atoms with Crippen molar-refractivity contribution >= 4 is 32.6 Å². The Morgan fingerprint density at radius 2 is 1.79 bits per heavy atom. The second-order valence-electron chi connectivity index (χ2n) is 6.79. The van der Waals surface area contributed by atoms with Crippen molar-refractivity contribution in [1.29, 1.82) is 0 Å². The lowest BCUT2D eigenvalue weighted by Crippen LogP contribution is -2.10. The third-order valence-electron chi connectivity index (χ3n) is 3.40. The van der Waals surface area contributed by atoms with Crippen LogP contribution in [0, 0.1) is 6.92 Å². The number of benzene rings is 1. The van der Waals surface area contributed by atoms with Crippen LogP contribution in [-0.2, 0) is 15.3 Å². The standard InChI is InChI=1S/C17H23N3O2S2/c1-11-15(23-16(18-11)17(3,4)5)12(2)19-20-13-7-9-14(10-8-13)24(6,21)22/h7-10,20H,1-6H3. The molecule has 2 aromatic rings. The lowest BCUT2D eigenvalue weighted by molar-refractivity contribution is 0.584. The van der Waals surface area contributed by atoms with Gasteiger partial charge in [0.25, 0.3) is 0 Å². The largest absolute Gasteiger partial charge is 0.278 e. The summed E-state index contributed by atoms with van der Waals surface area (Å²) in [6.45, 7) is 10.3. The number of aromatic nitrogens is 1. The van der Waals surface area contributed by atoms with Crippen LogP contribution in [0.25, 0.3) is 0 Å². The monoisotopic (exact) mass is 365 g/mol. The minimum atomic E-state index is -3.18. The molecule has 0 aliphatic carbocycles. The molecule has 0 amide bonds. The Morgan fingerprint density at radius 3 is 2.25 bits per heavy atom. The third kappa shape index (κ3) is 4.42. The zero-order chi connectivity index (χ0) is 18.1. The number of rotatable bonds is 4. The Morgan fingerprint density at radius 1 is 1.21 bits per heavy atom. The van der Waals surface area contributed by atoms with Crippen LogP contribution in [0.5, 0.6) is 0 Å². The van der Waals surface area contributed by atoms with Gasteiger partial charge < -0.3 is 0 Å². The van der Waals surface area contributed by atoms with E-state index in [1.54, 1.807) is 35.6 Å². The van der Waals surface area contributed by atoms with Crippen molar-refractivity contribution in [3.05, 3.63) is 39.8 Å². The fourth-order valence-electron chi connectivity index (χ4n) is 2.03. The fourth-order valence-corrected chi connectivity index (χ4v) is 3.73. The summed E-state index contributed by atoms with van der Waals surface area (Å²) < 4.78 is 22.9. The number of nitrogens with zero attached hydrogens (tertiary/aromatic N) is 2. The average molecular weight is 366 g/mol. The lowest BCUT2D eigenvalue weighted by atomic mass is 9.98. The summed E-state index contributed by atoms with van der Waals surface area (Å²) in [6.07, 6.45) is 1.19. The summed E-state index contributed by atoms with van der Waals surface area (Å²) in [7, 11) is -3.18. The summed E-state index contributed by atoms with van der Waals surface area (Å²) >= 11 is 1.65. The van der Waals surface area contributed by atoms with Gasteiger partial charge in [0.05, 0.1) is 31.9 Å². The minimum absolute atomic E-state index is 0.0167. The quantitative estimate of drug-likeness (QED) is 0.657. The third-order valence-corrected chi connectivity index (χ3v) is 6.22. The first kappa shape index (κ1) is 18.6. The van der Waals surface area contributed by atoms with E-state index in [0.29, 0.717) is 4.90 Å². The number of hydrazone groups is 1. The molecule has 2 rings (SSSR count). The Kier molecular flexibility index (Phi) is 5.15. The minimum Gasteiger partial charge on any atom is -0.278 e. The Hall–Kier alpha value is -1.73. The van der Waals surface area contributed by atoms with Gasteiger partial charge in [-0.25, -0.2) is 13.4 Å². The molecule has 0 aliphatic heterocycles. The van der Waals surface area contributed by atoms with Crippen LogP contribution in [-0.4, -0.2) is 25.4 Å². The highest BCUT2D eigenvalue weighted by Gasteiger charge is 2.21. The van der Waals surface area contributed by atoms with E-state index in [1.165, 1.54) is 6.26 Å². The van der Waals surface area contributed by atoms with Gasteiger partial charge in [-0.3, -0.25) is 5.43 Å². The average Bonchev–Trinajstić information content (AvgIpc) is 2.86. The molecule has 1 aromatic carbocycles. The number of hydrogen-bond acceptors (Lipinski definition) is 6. The Balaban J connectivity index is 2.19. The molecular weight excluding hydrogens is 342 g/mol. The first-order valence-corrected chi connectivity index (χ1v) is 10.3. The predicted molar refractivity (Wildman–Crippen MR) is 101 cm³/mol. The highest BCUT2D eigenvalue weighted by Crippen LogP contribution is 2.29. The second kappa shape index (κ2) is 6.64. The lowest BCUT2D eigenvalue weighted by Gasteiger charge is -2.13. The number of nitrogens with one attached hydrogen (secondary N) is 1. The molecule has 130 valence electrons. The molecule has 5 nitrogen and oxygen atoms in total. The van der Waals surface area contributed by atoms with Crippen LogP contribution in [0.1, 0.15) is 43.3 Å². The van der Waals surface area contributed by atoms with Gasteiger partial charge >= 0.3 is 0 Å². The molecule has 0 aliphatic rings. The van der Waals surface area contributed by atoms with Gasteiger partial charge in [-0.15, -0.1) is 11.3 Å². The predicted octanol–water partition coefficient (Wildman–Crippen LogP) is 3.99. The van der Waals surface area contributed by atoms with Crippen LogP contribution >= 0.6 is 11.3 Å². The molecule has 0 saturated heterocycles. The molecular formula is C17H23N3O2S2. The maximum atomic E-state index is 11.5. The maximum absolute atomic E-state index is 11.5. The van der Waals surface area contributed by atoms with Crippen LogP contribution in [0.3, 0.4) is 0 Å². The molecule has 0 fully saturated rings. The number of thiazole rings is 1. The summed E-state index contributed by atoms with van der Waals surface area (Å²) in [4.78, 5) is 5.99. The fraction of sp³-hybridized carbons (Fsp3) is 0.412. The molecule has 7 heteroatoms. The zero-order valence-electron chi connectivity index (χ0n) is 14.8. The van der Waals surface area contributed by atoms with E-state index in [0.717, 1.165) is 27.0 Å². The van der Waals surface area contributed by atoms with Gasteiger partial charge in [0.2, 0.25) is 0 Å². The summed E-state index contributed by atoms with van der Waals surface area (Å²) in [5, 5.41) is 5.49. The van der Waals surface area contributed by atoms with Gasteiger partial charge in [0, 0.05) is 11.7 Å². The molecule has 1 aromatic heterocycles. The van der Waals surface area contributed by atoms with Crippen LogP contribution in [0.2, 0.25) is 0 Å². The van der Waals surface area contributed by atoms with E-state index >= 15 is 0 Å². The van der Waals surface area contributed by atoms with E-state index in [9.17, 15) is 8.42 Å². The first-order valence-electron chi connectivity index (χ1n) is 7.57. The van der Waals surface area contributed by atoms with E-state index in [4.69, 9.17) is 0 Å². The van der Waals surface area contributed by atoms with Crippen molar-refractivity contribution in [1.82, 2.24) is 4.98 Å². The molecule has 0 bridgehead atoms. The molecule has 0 radical (unpaired) electrons. The Bertz CT molecular complexity index is 858. The highest BCUT2D eigenvalue weighted by molar-refractivity contribution is 7.90. The topological polar surface area (TPSA) is 71.4 Å². The van der Waals surface area contributed by atoms with Gasteiger partial charge in [-0.1, -0.05) is 20.8 Å². The molecule has 24 heavy (non-hydrogen) atoms. The SMILES string of the molecule is CC(=NNc1ccc(S(C)(=O)=O)cc1)c1sc(C(C)(C)C)nc1C. The van der Waals surface area contributed by atoms with Crippen molar-refractivity contribution in [3.8, 4) is 0 Å². The Labute approximate surface area is 147 Å². The second-order valence-corrected chi connectivity index (χ2v) is 9.80. The first-order chi connectivity index (χ1) is 11.0. The van der Waals surface area contributed by atoms with Gasteiger partial charge in [-0.05, 0) is 38.1 Å². The number of anilines is 1. The van der Waals surface area contributed by atoms with Gasteiger partial charge in [0.1, 0.15) is 0 Å². The van der Waals surface area contributed by atoms with Crippen LogP contribution < -0.4 is 5.43 Å². The number of sulfone groups is 1. The molecule has 1 N–H and O–H groups in total. The summed E-state index contributed by atoms with van der Waals surface area (Å²) in [5.41, 5.74) is 5.55. The number of aryl methyl sites for hydroxylation is 1. The van der Waals surface area contributed by atoms with E-state index < -0.39 is 9.84 Å². The number of hydrogen-bond donors (Lipinski definition) is 1. The van der Waals surface area contributed by atoms with E-state index in [-0.39, 0.29) is 5.41 Å². The maximum Gasteiger partial charge on any atom is 0.175 e. The van der Waals surface area contributed by atoms with Gasteiger partial charge in [0.15, 0.2) is 9.84 Å². The van der Waals surface area contributed by atoms with Crippen molar-refractivity contribution in [2.24, 2.45) is 5.10 Å². The summed E-state index contributed by atoms with van der Waals surface area (Å²) in [5.74, 6) is 0. The molecule has 1 heterocycles. The van der Waals surface area contributed by atoms with E-state index in [1.807, 2.05) is 13.8 Å². The van der Waals surface area contributed by atoms with Crippen LogP contribution in [0.15, 0.2) is 34.3 Å². The van der Waals surface area contributed by atoms with Crippen molar-refractivity contribution < 1.29 is 8.42 Å². The molecule has 0 unspecified atom stereocenters. The molecule has 0 atom stereocenters. The molecule has 0 saturated carbocycles. The van der Waals surface area contributed by atoms with Crippen molar-refractivity contribution in [3.63, 3.8) is 0 Å². The van der Waals surface area contributed by atoms with Gasteiger partial charge in [-0.2, -0.15) is 5.10 Å². The molecule has 0 spiro atoms. The zero-order valence-corrected chi connectivity index (χ0v) is 16.5. The van der Waals surface area contributed by atoms with Crippen molar-refractivity contribution in [2.75, 3.05) is 11.7 Å². The van der Waals surface area contributed by atoms with Crippen LogP contribution in [0.4, 0.5) is 5.69 Å². The van der Waals surface area contributed by atoms with E-state index in [2.05, 4.69) is 36.3 Å². The highest BCUT2D eigenvalue weighted by atomic mass is 32.2. The smallest absolute Gasteiger partial charge is 0.175 e. The van der Waals surface area contributed by atoms with Crippen molar-refractivity contribution in [2.45, 2.75) is 44.9 Å².